The van der Waals surface area contributed by atoms with Gasteiger partial charge in [-0.05, 0) is 19.1 Å². The van der Waals surface area contributed by atoms with Crippen LogP contribution >= 0.6 is 23.2 Å². The molecule has 0 aliphatic heterocycles. The fourth-order valence-electron chi connectivity index (χ4n) is 1.91. The van der Waals surface area contributed by atoms with Crippen LogP contribution in [0.1, 0.15) is 21.5 Å². The van der Waals surface area contributed by atoms with Crippen LogP contribution in [0.2, 0.25) is 0 Å². The predicted octanol–water partition coefficient (Wildman–Crippen LogP) is 3.26. The van der Waals surface area contributed by atoms with Crippen LogP contribution in [0.3, 0.4) is 0 Å². The maximum Gasteiger partial charge on any atom is 0.252 e. The fraction of sp³-hybridized carbons (Fsp3) is 0.176. The molecule has 0 heterocycles. The van der Waals surface area contributed by atoms with Crippen molar-refractivity contribution in [3.05, 3.63) is 71.3 Å². The minimum atomic E-state index is -0.924. The van der Waals surface area contributed by atoms with Gasteiger partial charge in [-0.3, -0.25) is 4.79 Å². The van der Waals surface area contributed by atoms with Crippen LogP contribution in [0.5, 0.6) is 0 Å². The van der Waals surface area contributed by atoms with Crippen molar-refractivity contribution < 1.29 is 4.79 Å². The number of rotatable bonds is 5. The Morgan fingerprint density at radius 3 is 2.22 bits per heavy atom. The first-order valence-electron chi connectivity index (χ1n) is 7.02. The van der Waals surface area contributed by atoms with Crippen molar-refractivity contribution in [3.8, 4) is 0 Å². The summed E-state index contributed by atoms with van der Waals surface area (Å²) >= 11 is 11.8. The van der Waals surface area contributed by atoms with Crippen molar-refractivity contribution >= 4 is 34.9 Å². The third kappa shape index (κ3) is 4.98. The minimum absolute atomic E-state index is 0.259. The van der Waals surface area contributed by atoms with Gasteiger partial charge in [0, 0.05) is 11.1 Å². The molecule has 6 heteroatoms. The van der Waals surface area contributed by atoms with Gasteiger partial charge in [-0.2, -0.15) is 0 Å². The zero-order valence-electron chi connectivity index (χ0n) is 12.5. The molecule has 2 aromatic carbocycles. The predicted molar refractivity (Wildman–Crippen MR) is 95.1 cm³/mol. The molecule has 0 fully saturated rings. The lowest BCUT2D eigenvalue weighted by Gasteiger charge is -2.16. The quantitative estimate of drug-likeness (QED) is 0.494. The number of alkyl halides is 2. The van der Waals surface area contributed by atoms with Gasteiger partial charge in [0.15, 0.2) is 6.17 Å². The van der Waals surface area contributed by atoms with E-state index in [1.54, 1.807) is 24.3 Å². The smallest absolute Gasteiger partial charge is 0.252 e. The molecule has 1 atom stereocenters. The number of aryl methyl sites for hydroxylation is 1. The Morgan fingerprint density at radius 1 is 1.04 bits per heavy atom. The largest absolute Gasteiger partial charge is 0.383 e. The van der Waals surface area contributed by atoms with Gasteiger partial charge in [-0.1, -0.05) is 48.0 Å². The number of nitrogens with one attached hydrogen (secondary N) is 1. The molecular formula is C17H17Cl2N3O. The van der Waals surface area contributed by atoms with Gasteiger partial charge >= 0.3 is 0 Å². The standard InChI is InChI=1S/C17H17Cl2N3O/c1-11-7-9-12(10-8-11)15(20)21-16(14(18)19)22-17(23)13-5-3-2-4-6-13/h2-10,14,16H,1H3,(H2,20,21)(H,22,23). The van der Waals surface area contributed by atoms with E-state index in [9.17, 15) is 4.79 Å². The molecule has 0 aliphatic carbocycles. The van der Waals surface area contributed by atoms with Crippen molar-refractivity contribution in [1.29, 1.82) is 0 Å². The molecule has 0 radical (unpaired) electrons. The summed E-state index contributed by atoms with van der Waals surface area (Å²) in [6, 6.07) is 16.3. The Labute approximate surface area is 145 Å². The van der Waals surface area contributed by atoms with Gasteiger partial charge in [-0.25, -0.2) is 4.99 Å². The molecule has 4 nitrogen and oxygen atoms in total. The van der Waals surface area contributed by atoms with Gasteiger partial charge in [0.25, 0.3) is 5.91 Å². The van der Waals surface area contributed by atoms with Gasteiger partial charge in [0.05, 0.1) is 0 Å². The zero-order valence-corrected chi connectivity index (χ0v) is 14.1. The molecule has 0 aliphatic rings. The fourth-order valence-corrected chi connectivity index (χ4v) is 2.15. The van der Waals surface area contributed by atoms with Crippen LogP contribution < -0.4 is 11.1 Å². The maximum atomic E-state index is 12.2. The number of nitrogens with zero attached hydrogens (tertiary/aromatic N) is 1. The summed E-state index contributed by atoms with van der Waals surface area (Å²) in [7, 11) is 0. The third-order valence-corrected chi connectivity index (χ3v) is 3.66. The average Bonchev–Trinajstić information content (AvgIpc) is 2.55. The number of hydrogen-bond acceptors (Lipinski definition) is 2. The number of nitrogens with two attached hydrogens (primary N) is 1. The third-order valence-electron chi connectivity index (χ3n) is 3.18. The summed E-state index contributed by atoms with van der Waals surface area (Å²) in [5.41, 5.74) is 8.33. The Balaban J connectivity index is 2.16. The van der Waals surface area contributed by atoms with E-state index < -0.39 is 11.0 Å². The molecule has 0 saturated carbocycles. The van der Waals surface area contributed by atoms with Crippen molar-refractivity contribution in [2.45, 2.75) is 17.9 Å². The first kappa shape index (κ1) is 17.3. The number of carbonyl (C=O) groups is 1. The van der Waals surface area contributed by atoms with E-state index >= 15 is 0 Å². The summed E-state index contributed by atoms with van der Waals surface area (Å²) < 4.78 is 0. The molecule has 0 aromatic heterocycles. The Bertz CT molecular complexity index is 685. The lowest BCUT2D eigenvalue weighted by molar-refractivity contribution is 0.0940. The molecule has 120 valence electrons. The Morgan fingerprint density at radius 2 is 1.65 bits per heavy atom. The number of amidine groups is 1. The Hall–Kier alpha value is -2.04. The second-order valence-electron chi connectivity index (χ2n) is 5.00. The summed E-state index contributed by atoms with van der Waals surface area (Å²) in [5.74, 6) is -0.0583. The first-order valence-corrected chi connectivity index (χ1v) is 7.89. The summed E-state index contributed by atoms with van der Waals surface area (Å²) in [6.07, 6.45) is -0.840. The van der Waals surface area contributed by atoms with Crippen LogP contribution in [-0.4, -0.2) is 22.7 Å². The normalized spacial score (nSPS) is 13.0. The highest BCUT2D eigenvalue weighted by atomic mass is 35.5. The van der Waals surface area contributed by atoms with Crippen LogP contribution in [-0.2, 0) is 0 Å². The zero-order chi connectivity index (χ0) is 16.8. The van der Waals surface area contributed by atoms with Crippen molar-refractivity contribution in [2.75, 3.05) is 0 Å². The molecule has 1 amide bonds. The topological polar surface area (TPSA) is 67.5 Å². The van der Waals surface area contributed by atoms with Crippen LogP contribution in [0.15, 0.2) is 59.6 Å². The van der Waals surface area contributed by atoms with Gasteiger partial charge in [0.1, 0.15) is 10.7 Å². The molecule has 1 unspecified atom stereocenters. The molecule has 0 spiro atoms. The average molecular weight is 350 g/mol. The minimum Gasteiger partial charge on any atom is -0.383 e. The van der Waals surface area contributed by atoms with E-state index in [1.807, 2.05) is 37.3 Å². The second-order valence-corrected chi connectivity index (χ2v) is 6.16. The first-order chi connectivity index (χ1) is 11.0. The molecule has 3 N–H and O–H groups in total. The lowest BCUT2D eigenvalue weighted by atomic mass is 10.1. The SMILES string of the molecule is Cc1ccc(/C(N)=N/C(NC(=O)c2ccccc2)C(Cl)Cl)cc1. The molecular weight excluding hydrogens is 333 g/mol. The molecule has 0 saturated heterocycles. The second kappa shape index (κ2) is 7.99. The molecule has 23 heavy (non-hydrogen) atoms. The van der Waals surface area contributed by atoms with Crippen LogP contribution in [0.4, 0.5) is 0 Å². The van der Waals surface area contributed by atoms with Crippen molar-refractivity contribution in [1.82, 2.24) is 5.32 Å². The Kier molecular flexibility index (Phi) is 6.02. The maximum absolute atomic E-state index is 12.2. The highest BCUT2D eigenvalue weighted by Crippen LogP contribution is 2.12. The highest BCUT2D eigenvalue weighted by Gasteiger charge is 2.20. The number of halogens is 2. The van der Waals surface area contributed by atoms with Crippen molar-refractivity contribution in [3.63, 3.8) is 0 Å². The van der Waals surface area contributed by atoms with E-state index in [1.165, 1.54) is 0 Å². The number of benzene rings is 2. The summed E-state index contributed by atoms with van der Waals surface area (Å²) in [6.45, 7) is 1.98. The number of hydrogen-bond donors (Lipinski definition) is 2. The van der Waals surface area contributed by atoms with E-state index in [0.717, 1.165) is 11.1 Å². The molecule has 0 bridgehead atoms. The summed E-state index contributed by atoms with van der Waals surface area (Å²) in [5, 5.41) is 2.67. The lowest BCUT2D eigenvalue weighted by Crippen LogP contribution is -2.39. The van der Waals surface area contributed by atoms with E-state index in [0.29, 0.717) is 5.56 Å². The number of carbonyl (C=O) groups excluding carboxylic acids is 1. The van der Waals surface area contributed by atoms with E-state index in [2.05, 4.69) is 10.3 Å². The molecule has 2 aromatic rings. The van der Waals surface area contributed by atoms with E-state index in [4.69, 9.17) is 28.9 Å². The summed E-state index contributed by atoms with van der Waals surface area (Å²) in [4.78, 5) is 15.5. The highest BCUT2D eigenvalue weighted by molar-refractivity contribution is 6.44. The monoisotopic (exact) mass is 349 g/mol. The van der Waals surface area contributed by atoms with Gasteiger partial charge in [-0.15, -0.1) is 23.2 Å². The van der Waals surface area contributed by atoms with Crippen molar-refractivity contribution in [2.24, 2.45) is 10.7 Å². The van der Waals surface area contributed by atoms with E-state index in [-0.39, 0.29) is 11.7 Å². The number of amides is 1. The van der Waals surface area contributed by atoms with Crippen LogP contribution in [0.25, 0.3) is 0 Å². The van der Waals surface area contributed by atoms with Gasteiger partial charge in [0.2, 0.25) is 0 Å². The van der Waals surface area contributed by atoms with Gasteiger partial charge < -0.3 is 11.1 Å². The van der Waals surface area contributed by atoms with Crippen LogP contribution in [0, 0.1) is 6.92 Å². The number of aliphatic imine (C=N–C) groups is 1. The molecule has 2 rings (SSSR count).